The maximum Gasteiger partial charge on any atom is 0.335 e. The van der Waals surface area contributed by atoms with Gasteiger partial charge in [0, 0.05) is 11.1 Å². The number of pyridine rings is 1. The molecule has 21 heavy (non-hydrogen) atoms. The molecule has 1 aliphatic rings. The largest absolute Gasteiger partial charge is 0.478 e. The average Bonchev–Trinajstić information content (AvgIpc) is 2.43. The molecule has 1 heterocycles. The van der Waals surface area contributed by atoms with Crippen LogP contribution >= 0.6 is 0 Å². The topological polar surface area (TPSA) is 50.2 Å². The highest BCUT2D eigenvalue weighted by atomic mass is 16.4. The SMILES string of the molecule is CC(C)C.O=C(O)c1ccc2nc3c(cc2c1)CCCC3. The molecule has 3 heteroatoms. The molecule has 3 nitrogen and oxygen atoms in total. The zero-order chi connectivity index (χ0) is 15.4. The van der Waals surface area contributed by atoms with E-state index in [1.807, 2.05) is 0 Å². The first-order chi connectivity index (χ1) is 9.97. The number of carboxylic acid groups (broad SMARTS) is 1. The Kier molecular flexibility index (Phi) is 4.94. The number of aromatic nitrogens is 1. The van der Waals surface area contributed by atoms with Crippen LogP contribution in [0.1, 0.15) is 55.2 Å². The Labute approximate surface area is 126 Å². The minimum absolute atomic E-state index is 0.329. The molecule has 0 bridgehead atoms. The second-order valence-corrected chi connectivity index (χ2v) is 6.25. The van der Waals surface area contributed by atoms with Crippen LogP contribution in [0.3, 0.4) is 0 Å². The maximum absolute atomic E-state index is 10.9. The van der Waals surface area contributed by atoms with Crippen LogP contribution in [0.4, 0.5) is 0 Å². The smallest absolute Gasteiger partial charge is 0.335 e. The third-order valence-corrected chi connectivity index (χ3v) is 3.34. The Morgan fingerprint density at radius 2 is 1.81 bits per heavy atom. The molecule has 0 radical (unpaired) electrons. The highest BCUT2D eigenvalue weighted by Crippen LogP contribution is 2.24. The number of rotatable bonds is 1. The molecule has 0 unspecified atom stereocenters. The number of carboxylic acids is 1. The second kappa shape index (κ2) is 6.70. The quantitative estimate of drug-likeness (QED) is 0.840. The lowest BCUT2D eigenvalue weighted by Crippen LogP contribution is -2.05. The normalized spacial score (nSPS) is 13.5. The molecule has 0 saturated heterocycles. The molecule has 0 fully saturated rings. The summed E-state index contributed by atoms with van der Waals surface area (Å²) in [6.07, 6.45) is 4.53. The molecule has 1 aliphatic carbocycles. The Hall–Kier alpha value is -1.90. The Balaban J connectivity index is 0.000000361. The fourth-order valence-corrected chi connectivity index (χ4v) is 2.43. The van der Waals surface area contributed by atoms with Crippen LogP contribution in [0.25, 0.3) is 10.9 Å². The van der Waals surface area contributed by atoms with Gasteiger partial charge in [0.2, 0.25) is 0 Å². The van der Waals surface area contributed by atoms with Crippen molar-refractivity contribution in [1.82, 2.24) is 4.98 Å². The molecule has 3 rings (SSSR count). The molecule has 0 aliphatic heterocycles. The van der Waals surface area contributed by atoms with Crippen molar-refractivity contribution in [3.05, 3.63) is 41.1 Å². The van der Waals surface area contributed by atoms with Gasteiger partial charge in [-0.1, -0.05) is 20.8 Å². The van der Waals surface area contributed by atoms with Crippen LogP contribution < -0.4 is 0 Å². The van der Waals surface area contributed by atoms with Gasteiger partial charge >= 0.3 is 5.97 Å². The zero-order valence-corrected chi connectivity index (χ0v) is 13.0. The fourth-order valence-electron chi connectivity index (χ4n) is 2.43. The van der Waals surface area contributed by atoms with E-state index in [0.717, 1.165) is 29.7 Å². The Bertz CT molecular complexity index is 644. The molecule has 0 amide bonds. The van der Waals surface area contributed by atoms with Gasteiger partial charge in [0.15, 0.2) is 0 Å². The monoisotopic (exact) mass is 285 g/mol. The van der Waals surface area contributed by atoms with Crippen LogP contribution in [0, 0.1) is 5.92 Å². The van der Waals surface area contributed by atoms with E-state index >= 15 is 0 Å². The summed E-state index contributed by atoms with van der Waals surface area (Å²) in [4.78, 5) is 15.5. The van der Waals surface area contributed by atoms with E-state index in [4.69, 9.17) is 5.11 Å². The van der Waals surface area contributed by atoms with Crippen molar-refractivity contribution in [3.63, 3.8) is 0 Å². The third-order valence-electron chi connectivity index (χ3n) is 3.34. The predicted octanol–water partition coefficient (Wildman–Crippen LogP) is 4.47. The maximum atomic E-state index is 10.9. The van der Waals surface area contributed by atoms with Gasteiger partial charge in [-0.05, 0) is 61.4 Å². The summed E-state index contributed by atoms with van der Waals surface area (Å²) in [7, 11) is 0. The highest BCUT2D eigenvalue weighted by molar-refractivity contribution is 5.93. The number of fused-ring (bicyclic) bond motifs is 2. The van der Waals surface area contributed by atoms with Gasteiger partial charge in [-0.3, -0.25) is 4.98 Å². The number of hydrogen-bond donors (Lipinski definition) is 1. The summed E-state index contributed by atoms with van der Waals surface area (Å²) in [5.41, 5.74) is 3.70. The first-order valence-corrected chi connectivity index (χ1v) is 7.63. The minimum Gasteiger partial charge on any atom is -0.478 e. The number of carbonyl (C=O) groups is 1. The van der Waals surface area contributed by atoms with Gasteiger partial charge in [0.05, 0.1) is 11.1 Å². The van der Waals surface area contributed by atoms with Gasteiger partial charge in [-0.15, -0.1) is 0 Å². The van der Waals surface area contributed by atoms with Crippen LogP contribution in [0.5, 0.6) is 0 Å². The van der Waals surface area contributed by atoms with E-state index in [0.29, 0.717) is 5.56 Å². The van der Waals surface area contributed by atoms with Crippen molar-refractivity contribution in [2.45, 2.75) is 46.5 Å². The van der Waals surface area contributed by atoms with Crippen molar-refractivity contribution in [1.29, 1.82) is 0 Å². The predicted molar refractivity (Wildman–Crippen MR) is 85.9 cm³/mol. The van der Waals surface area contributed by atoms with Crippen molar-refractivity contribution < 1.29 is 9.90 Å². The lowest BCUT2D eigenvalue weighted by atomic mass is 9.94. The van der Waals surface area contributed by atoms with E-state index in [1.165, 1.54) is 24.1 Å². The molecular weight excluding hydrogens is 262 g/mol. The summed E-state index contributed by atoms with van der Waals surface area (Å²) in [6.45, 7) is 6.50. The van der Waals surface area contributed by atoms with Crippen molar-refractivity contribution in [2.24, 2.45) is 5.92 Å². The second-order valence-electron chi connectivity index (χ2n) is 6.25. The van der Waals surface area contributed by atoms with E-state index in [2.05, 4.69) is 31.8 Å². The first-order valence-electron chi connectivity index (χ1n) is 7.63. The van der Waals surface area contributed by atoms with Crippen LogP contribution in [-0.2, 0) is 12.8 Å². The number of aromatic carboxylic acids is 1. The fraction of sp³-hybridized carbons (Fsp3) is 0.444. The zero-order valence-electron chi connectivity index (χ0n) is 13.0. The molecule has 2 aromatic rings. The van der Waals surface area contributed by atoms with Gasteiger partial charge in [-0.2, -0.15) is 0 Å². The number of hydrogen-bond acceptors (Lipinski definition) is 2. The summed E-state index contributed by atoms with van der Waals surface area (Å²) in [5, 5.41) is 9.90. The summed E-state index contributed by atoms with van der Waals surface area (Å²) >= 11 is 0. The average molecular weight is 285 g/mol. The molecule has 1 aromatic carbocycles. The number of aryl methyl sites for hydroxylation is 2. The molecule has 1 aromatic heterocycles. The Morgan fingerprint density at radius 3 is 2.48 bits per heavy atom. The molecule has 0 saturated carbocycles. The van der Waals surface area contributed by atoms with Gasteiger partial charge in [0.1, 0.15) is 0 Å². The van der Waals surface area contributed by atoms with Crippen molar-refractivity contribution in [3.8, 4) is 0 Å². The van der Waals surface area contributed by atoms with Crippen molar-refractivity contribution >= 4 is 16.9 Å². The minimum atomic E-state index is -0.885. The molecular formula is C18H23NO2. The van der Waals surface area contributed by atoms with E-state index in [1.54, 1.807) is 18.2 Å². The summed E-state index contributed by atoms with van der Waals surface area (Å²) in [5.74, 6) is -0.0513. The van der Waals surface area contributed by atoms with E-state index < -0.39 is 5.97 Å². The van der Waals surface area contributed by atoms with Crippen molar-refractivity contribution in [2.75, 3.05) is 0 Å². The summed E-state index contributed by atoms with van der Waals surface area (Å²) < 4.78 is 0. The van der Waals surface area contributed by atoms with Gasteiger partial charge < -0.3 is 5.11 Å². The lowest BCUT2D eigenvalue weighted by Gasteiger charge is -2.15. The molecule has 1 N–H and O–H groups in total. The van der Waals surface area contributed by atoms with Crippen LogP contribution in [-0.4, -0.2) is 16.1 Å². The van der Waals surface area contributed by atoms with Gasteiger partial charge in [0.25, 0.3) is 0 Å². The number of nitrogens with zero attached hydrogens (tertiary/aromatic N) is 1. The third kappa shape index (κ3) is 4.03. The highest BCUT2D eigenvalue weighted by Gasteiger charge is 2.12. The van der Waals surface area contributed by atoms with Crippen LogP contribution in [0.15, 0.2) is 24.3 Å². The molecule has 0 spiro atoms. The molecule has 0 atom stereocenters. The van der Waals surface area contributed by atoms with Crippen LogP contribution in [0.2, 0.25) is 0 Å². The Morgan fingerprint density at radius 1 is 1.14 bits per heavy atom. The standard InChI is InChI=1S/C14H13NO2.C4H10/c16-14(17)10-5-6-13-11(8-10)7-9-3-1-2-4-12(9)15-13;1-4(2)3/h5-8H,1-4H2,(H,16,17);4H,1-3H3. The first kappa shape index (κ1) is 15.5. The molecule has 112 valence electrons. The summed E-state index contributed by atoms with van der Waals surface area (Å²) in [6, 6.07) is 7.23. The lowest BCUT2D eigenvalue weighted by molar-refractivity contribution is 0.0697. The van der Waals surface area contributed by atoms with E-state index in [9.17, 15) is 4.79 Å². The van der Waals surface area contributed by atoms with Gasteiger partial charge in [-0.25, -0.2) is 4.79 Å². The number of benzene rings is 1. The van der Waals surface area contributed by atoms with E-state index in [-0.39, 0.29) is 0 Å².